The van der Waals surface area contributed by atoms with Crippen molar-refractivity contribution in [2.24, 2.45) is 0 Å². The molecule has 0 radical (unpaired) electrons. The Morgan fingerprint density at radius 2 is 1.78 bits per heavy atom. The summed E-state index contributed by atoms with van der Waals surface area (Å²) in [6, 6.07) is 5.24. The number of carboxylic acid groups (broad SMARTS) is 1. The first-order chi connectivity index (χ1) is 8.46. The lowest BCUT2D eigenvalue weighted by Gasteiger charge is -2.28. The minimum atomic E-state index is -0.928. The molecule has 1 aromatic carbocycles. The van der Waals surface area contributed by atoms with E-state index < -0.39 is 11.5 Å². The third kappa shape index (κ3) is 3.16. The van der Waals surface area contributed by atoms with Crippen LogP contribution in [0.3, 0.4) is 0 Å². The third-order valence-electron chi connectivity index (χ3n) is 3.28. The van der Waals surface area contributed by atoms with Crippen LogP contribution in [0.1, 0.15) is 32.3 Å². The molecule has 0 amide bonds. The van der Waals surface area contributed by atoms with E-state index in [2.05, 4.69) is 5.32 Å². The van der Waals surface area contributed by atoms with Gasteiger partial charge in [0.15, 0.2) is 0 Å². The Balaban J connectivity index is 2.89. The molecule has 0 atom stereocenters. The highest BCUT2D eigenvalue weighted by Crippen LogP contribution is 2.25. The summed E-state index contributed by atoms with van der Waals surface area (Å²) in [6.45, 7) is 4.03. The van der Waals surface area contributed by atoms with E-state index in [4.69, 9.17) is 23.2 Å². The minimum Gasteiger partial charge on any atom is -0.480 e. The summed E-state index contributed by atoms with van der Waals surface area (Å²) in [7, 11) is 0. The lowest BCUT2D eigenvalue weighted by atomic mass is 9.92. The van der Waals surface area contributed by atoms with Crippen molar-refractivity contribution in [3.8, 4) is 0 Å². The Kier molecular flexibility index (Phi) is 5.45. The Morgan fingerprint density at radius 1 is 1.28 bits per heavy atom. The van der Waals surface area contributed by atoms with Crippen molar-refractivity contribution in [3.05, 3.63) is 33.8 Å². The van der Waals surface area contributed by atoms with Crippen molar-refractivity contribution in [1.82, 2.24) is 5.32 Å². The molecule has 0 unspecified atom stereocenters. The van der Waals surface area contributed by atoms with Crippen LogP contribution >= 0.6 is 23.2 Å². The first kappa shape index (κ1) is 15.3. The molecule has 0 aromatic heterocycles. The maximum absolute atomic E-state index is 11.3. The Hall–Kier alpha value is -0.770. The van der Waals surface area contributed by atoms with E-state index in [9.17, 15) is 9.90 Å². The Morgan fingerprint density at radius 3 is 2.17 bits per heavy atom. The molecule has 0 saturated heterocycles. The van der Waals surface area contributed by atoms with Crippen molar-refractivity contribution >= 4 is 29.2 Å². The zero-order valence-electron chi connectivity index (χ0n) is 10.5. The highest BCUT2D eigenvalue weighted by molar-refractivity contribution is 6.35. The molecule has 5 heteroatoms. The number of aliphatic carboxylic acids is 1. The second-order valence-electron chi connectivity index (χ2n) is 4.15. The summed E-state index contributed by atoms with van der Waals surface area (Å²) in [5.74, 6) is -0.851. The summed E-state index contributed by atoms with van der Waals surface area (Å²) in [6.07, 6.45) is 1.00. The fourth-order valence-electron chi connectivity index (χ4n) is 1.84. The second kappa shape index (κ2) is 6.41. The molecular formula is C13H17Cl2NO2. The molecule has 2 N–H and O–H groups in total. The van der Waals surface area contributed by atoms with Crippen LogP contribution in [0.15, 0.2) is 18.2 Å². The molecule has 1 aromatic rings. The van der Waals surface area contributed by atoms with Crippen molar-refractivity contribution in [3.63, 3.8) is 0 Å². The number of benzene rings is 1. The summed E-state index contributed by atoms with van der Waals surface area (Å²) in [5.41, 5.74) is -0.198. The number of carbonyl (C=O) groups is 1. The maximum Gasteiger partial charge on any atom is 0.323 e. The predicted octanol–water partition coefficient (Wildman–Crippen LogP) is 3.73. The summed E-state index contributed by atoms with van der Waals surface area (Å²) < 4.78 is 0. The lowest BCUT2D eigenvalue weighted by Crippen LogP contribution is -2.50. The second-order valence-corrected chi connectivity index (χ2v) is 4.96. The molecule has 0 aliphatic carbocycles. The van der Waals surface area contributed by atoms with Gasteiger partial charge in [-0.15, -0.1) is 0 Å². The van der Waals surface area contributed by atoms with Crippen LogP contribution in [0.2, 0.25) is 10.0 Å². The van der Waals surface area contributed by atoms with Crippen molar-refractivity contribution in [2.75, 3.05) is 0 Å². The zero-order chi connectivity index (χ0) is 13.8. The first-order valence-corrected chi connectivity index (χ1v) is 6.63. The number of nitrogens with one attached hydrogen (secondary N) is 1. The van der Waals surface area contributed by atoms with Gasteiger partial charge in [0.2, 0.25) is 0 Å². The Labute approximate surface area is 117 Å². The number of carboxylic acids is 1. The maximum atomic E-state index is 11.3. The van der Waals surface area contributed by atoms with Gasteiger partial charge < -0.3 is 5.11 Å². The van der Waals surface area contributed by atoms with E-state index in [1.165, 1.54) is 0 Å². The molecular weight excluding hydrogens is 273 g/mol. The van der Waals surface area contributed by atoms with Gasteiger partial charge in [0.1, 0.15) is 5.54 Å². The highest BCUT2D eigenvalue weighted by atomic mass is 35.5. The van der Waals surface area contributed by atoms with Crippen molar-refractivity contribution in [1.29, 1.82) is 0 Å². The topological polar surface area (TPSA) is 49.3 Å². The summed E-state index contributed by atoms with van der Waals surface area (Å²) in [5, 5.41) is 13.5. The van der Waals surface area contributed by atoms with Gasteiger partial charge >= 0.3 is 5.97 Å². The van der Waals surface area contributed by atoms with Gasteiger partial charge in [-0.2, -0.15) is 0 Å². The Bertz CT molecular complexity index is 411. The lowest BCUT2D eigenvalue weighted by molar-refractivity contribution is -0.145. The normalized spacial score (nSPS) is 11.6. The van der Waals surface area contributed by atoms with Gasteiger partial charge in [-0.3, -0.25) is 10.1 Å². The van der Waals surface area contributed by atoms with Crippen molar-refractivity contribution in [2.45, 2.75) is 38.8 Å². The van der Waals surface area contributed by atoms with Gasteiger partial charge in [0, 0.05) is 22.2 Å². The number of hydrogen-bond donors (Lipinski definition) is 2. The zero-order valence-corrected chi connectivity index (χ0v) is 12.0. The van der Waals surface area contributed by atoms with E-state index in [1.54, 1.807) is 18.2 Å². The minimum absolute atomic E-state index is 0.340. The van der Waals surface area contributed by atoms with Crippen LogP contribution in [0, 0.1) is 0 Å². The van der Waals surface area contributed by atoms with Crippen LogP contribution in [0.25, 0.3) is 0 Å². The van der Waals surface area contributed by atoms with Crippen molar-refractivity contribution < 1.29 is 9.90 Å². The summed E-state index contributed by atoms with van der Waals surface area (Å²) >= 11 is 12.1. The molecule has 18 heavy (non-hydrogen) atoms. The monoisotopic (exact) mass is 289 g/mol. The standard InChI is InChI=1S/C13H17Cl2NO2/c1-3-13(4-2,12(17)18)16-8-9-10(14)6-5-7-11(9)15/h5-7,16H,3-4,8H2,1-2H3,(H,17,18). The fraction of sp³-hybridized carbons (Fsp3) is 0.462. The van der Waals surface area contributed by atoms with E-state index in [1.807, 2.05) is 13.8 Å². The van der Waals surface area contributed by atoms with Crippen LogP contribution < -0.4 is 5.32 Å². The van der Waals surface area contributed by atoms with Crippen LogP contribution in [-0.4, -0.2) is 16.6 Å². The van der Waals surface area contributed by atoms with Crippen LogP contribution in [0.5, 0.6) is 0 Å². The molecule has 1 rings (SSSR count). The number of halogens is 2. The quantitative estimate of drug-likeness (QED) is 0.839. The van der Waals surface area contributed by atoms with Gasteiger partial charge in [-0.05, 0) is 25.0 Å². The smallest absolute Gasteiger partial charge is 0.323 e. The largest absolute Gasteiger partial charge is 0.480 e. The van der Waals surface area contributed by atoms with Gasteiger partial charge in [0.05, 0.1) is 0 Å². The van der Waals surface area contributed by atoms with Gasteiger partial charge in [-0.1, -0.05) is 43.1 Å². The molecule has 0 spiro atoms. The molecule has 0 aliphatic rings. The molecule has 100 valence electrons. The van der Waals surface area contributed by atoms with E-state index in [-0.39, 0.29) is 0 Å². The number of hydrogen-bond acceptors (Lipinski definition) is 2. The molecule has 0 heterocycles. The number of rotatable bonds is 6. The van der Waals surface area contributed by atoms with E-state index >= 15 is 0 Å². The SMILES string of the molecule is CCC(CC)(NCc1c(Cl)cccc1Cl)C(=O)O. The van der Waals surface area contributed by atoms with Gasteiger partial charge in [-0.25, -0.2) is 0 Å². The average Bonchev–Trinajstić information content (AvgIpc) is 2.33. The highest BCUT2D eigenvalue weighted by Gasteiger charge is 2.34. The van der Waals surface area contributed by atoms with Gasteiger partial charge in [0.25, 0.3) is 0 Å². The first-order valence-electron chi connectivity index (χ1n) is 5.88. The van der Waals surface area contributed by atoms with E-state index in [0.29, 0.717) is 29.4 Å². The molecule has 0 aliphatic heterocycles. The third-order valence-corrected chi connectivity index (χ3v) is 3.99. The van der Waals surface area contributed by atoms with Crippen LogP contribution in [-0.2, 0) is 11.3 Å². The molecule has 0 fully saturated rings. The van der Waals surface area contributed by atoms with E-state index in [0.717, 1.165) is 5.56 Å². The van der Waals surface area contributed by atoms with Crippen LogP contribution in [0.4, 0.5) is 0 Å². The summed E-state index contributed by atoms with van der Waals surface area (Å²) in [4.78, 5) is 11.3. The molecule has 3 nitrogen and oxygen atoms in total. The molecule has 0 bridgehead atoms. The predicted molar refractivity (Wildman–Crippen MR) is 74.3 cm³/mol. The fourth-order valence-corrected chi connectivity index (χ4v) is 2.37. The molecule has 0 saturated carbocycles. The average molecular weight is 290 g/mol.